The second kappa shape index (κ2) is 7.91. The van der Waals surface area contributed by atoms with Crippen molar-refractivity contribution in [2.45, 2.75) is 59.2 Å². The summed E-state index contributed by atoms with van der Waals surface area (Å²) in [7, 11) is 2.17. The van der Waals surface area contributed by atoms with Gasteiger partial charge >= 0.3 is 0 Å². The quantitative estimate of drug-likeness (QED) is 0.789. The predicted molar refractivity (Wildman–Crippen MR) is 88.9 cm³/mol. The van der Waals surface area contributed by atoms with Crippen LogP contribution in [-0.4, -0.2) is 19.1 Å². The highest BCUT2D eigenvalue weighted by Gasteiger charge is 2.10. The zero-order valence-corrected chi connectivity index (χ0v) is 14.4. The lowest BCUT2D eigenvalue weighted by molar-refractivity contribution is 0.587. The molecule has 0 heterocycles. The van der Waals surface area contributed by atoms with E-state index in [0.717, 1.165) is 6.54 Å². The van der Waals surface area contributed by atoms with E-state index < -0.39 is 0 Å². The van der Waals surface area contributed by atoms with Crippen molar-refractivity contribution in [2.24, 2.45) is 0 Å². The van der Waals surface area contributed by atoms with E-state index in [1.807, 2.05) is 0 Å². The highest BCUT2D eigenvalue weighted by molar-refractivity contribution is 9.10. The Balaban J connectivity index is 2.75. The van der Waals surface area contributed by atoms with Gasteiger partial charge in [0.1, 0.15) is 0 Å². The second-order valence-electron chi connectivity index (χ2n) is 5.56. The van der Waals surface area contributed by atoms with Gasteiger partial charge in [0, 0.05) is 35.8 Å². The van der Waals surface area contributed by atoms with Gasteiger partial charge in [0.15, 0.2) is 0 Å². The van der Waals surface area contributed by atoms with Crippen molar-refractivity contribution in [3.63, 3.8) is 0 Å². The lowest BCUT2D eigenvalue weighted by Crippen LogP contribution is -2.28. The third-order valence-corrected chi connectivity index (χ3v) is 4.25. The molecule has 1 unspecified atom stereocenters. The minimum Gasteiger partial charge on any atom is -0.372 e. The van der Waals surface area contributed by atoms with E-state index in [4.69, 9.17) is 0 Å². The molecule has 0 aliphatic heterocycles. The zero-order chi connectivity index (χ0) is 14.4. The Morgan fingerprint density at radius 3 is 2.47 bits per heavy atom. The maximum Gasteiger partial charge on any atom is 0.0377 e. The van der Waals surface area contributed by atoms with E-state index in [-0.39, 0.29) is 0 Å². The van der Waals surface area contributed by atoms with E-state index in [0.29, 0.717) is 12.1 Å². The smallest absolute Gasteiger partial charge is 0.0377 e. The summed E-state index contributed by atoms with van der Waals surface area (Å²) in [4.78, 5) is 2.36. The summed E-state index contributed by atoms with van der Waals surface area (Å²) in [6.07, 6.45) is 2.45. The maximum atomic E-state index is 3.69. The predicted octanol–water partition coefficient (Wildman–Crippen LogP) is 4.57. The third kappa shape index (κ3) is 5.15. The van der Waals surface area contributed by atoms with Crippen LogP contribution in [0.1, 0.15) is 46.1 Å². The molecule has 0 aromatic heterocycles. The van der Waals surface area contributed by atoms with Gasteiger partial charge < -0.3 is 10.2 Å². The molecule has 1 rings (SSSR count). The number of anilines is 1. The third-order valence-electron chi connectivity index (χ3n) is 3.51. The molecule has 0 saturated heterocycles. The van der Waals surface area contributed by atoms with Crippen molar-refractivity contribution < 1.29 is 0 Å². The largest absolute Gasteiger partial charge is 0.372 e. The molecular weight excluding hydrogens is 300 g/mol. The van der Waals surface area contributed by atoms with Crippen molar-refractivity contribution in [1.82, 2.24) is 5.32 Å². The molecule has 0 bridgehead atoms. The Morgan fingerprint density at radius 1 is 1.26 bits per heavy atom. The number of halogens is 1. The number of rotatable bonds is 7. The van der Waals surface area contributed by atoms with Crippen molar-refractivity contribution >= 4 is 21.6 Å². The molecule has 1 N–H and O–H groups in total. The molecule has 0 saturated carbocycles. The molecule has 3 heteroatoms. The highest BCUT2D eigenvalue weighted by atomic mass is 79.9. The van der Waals surface area contributed by atoms with Gasteiger partial charge in [0.05, 0.1) is 0 Å². The van der Waals surface area contributed by atoms with Gasteiger partial charge in [-0.05, 0) is 31.0 Å². The second-order valence-corrected chi connectivity index (χ2v) is 6.41. The van der Waals surface area contributed by atoms with Crippen LogP contribution in [0.4, 0.5) is 5.69 Å². The molecule has 0 amide bonds. The maximum absolute atomic E-state index is 3.69. The van der Waals surface area contributed by atoms with Crippen molar-refractivity contribution in [2.75, 3.05) is 11.9 Å². The van der Waals surface area contributed by atoms with Gasteiger partial charge in [0.2, 0.25) is 0 Å². The summed E-state index contributed by atoms with van der Waals surface area (Å²) in [5.41, 5.74) is 2.59. The molecule has 0 fully saturated rings. The van der Waals surface area contributed by atoms with Crippen LogP contribution in [0.5, 0.6) is 0 Å². The Kier molecular flexibility index (Phi) is 6.87. The Labute approximate surface area is 126 Å². The number of benzene rings is 1. The SMILES string of the molecule is CCCC(C)N(C)c1ccc(CNC(C)C)c(Br)c1. The first-order valence-electron chi connectivity index (χ1n) is 7.20. The molecular formula is C16H27BrN2. The van der Waals surface area contributed by atoms with Crippen molar-refractivity contribution in [3.8, 4) is 0 Å². The number of nitrogens with one attached hydrogen (secondary N) is 1. The molecule has 1 atom stereocenters. The van der Waals surface area contributed by atoms with Crippen molar-refractivity contribution in [3.05, 3.63) is 28.2 Å². The highest BCUT2D eigenvalue weighted by Crippen LogP contribution is 2.25. The topological polar surface area (TPSA) is 15.3 Å². The van der Waals surface area contributed by atoms with Gasteiger partial charge in [-0.3, -0.25) is 0 Å². The molecule has 1 aromatic carbocycles. The molecule has 0 spiro atoms. The fourth-order valence-electron chi connectivity index (χ4n) is 2.08. The van der Waals surface area contributed by atoms with Gasteiger partial charge in [-0.25, -0.2) is 0 Å². The van der Waals surface area contributed by atoms with Crippen LogP contribution in [0.3, 0.4) is 0 Å². The van der Waals surface area contributed by atoms with Gasteiger partial charge in [-0.1, -0.05) is 49.2 Å². The van der Waals surface area contributed by atoms with Gasteiger partial charge in [0.25, 0.3) is 0 Å². The van der Waals surface area contributed by atoms with E-state index in [1.165, 1.54) is 28.6 Å². The molecule has 0 radical (unpaired) electrons. The molecule has 108 valence electrons. The van der Waals surface area contributed by atoms with Crippen LogP contribution in [0.2, 0.25) is 0 Å². The first kappa shape index (κ1) is 16.5. The Morgan fingerprint density at radius 2 is 1.95 bits per heavy atom. The molecule has 1 aromatic rings. The standard InChI is InChI=1S/C16H27BrN2/c1-6-7-13(4)19(5)15-9-8-14(16(17)10-15)11-18-12(2)3/h8-10,12-13,18H,6-7,11H2,1-5H3. The lowest BCUT2D eigenvalue weighted by atomic mass is 10.1. The first-order chi connectivity index (χ1) is 8.95. The monoisotopic (exact) mass is 326 g/mol. The van der Waals surface area contributed by atoms with Gasteiger partial charge in [-0.2, -0.15) is 0 Å². The summed E-state index contributed by atoms with van der Waals surface area (Å²) < 4.78 is 1.19. The van der Waals surface area contributed by atoms with E-state index >= 15 is 0 Å². The molecule has 0 aliphatic rings. The zero-order valence-electron chi connectivity index (χ0n) is 12.8. The fraction of sp³-hybridized carbons (Fsp3) is 0.625. The first-order valence-corrected chi connectivity index (χ1v) is 7.99. The number of hydrogen-bond donors (Lipinski definition) is 1. The normalized spacial score (nSPS) is 12.8. The van der Waals surface area contributed by atoms with E-state index in [1.54, 1.807) is 0 Å². The summed E-state index contributed by atoms with van der Waals surface area (Å²) >= 11 is 3.69. The average molecular weight is 327 g/mol. The molecule has 0 aliphatic carbocycles. The minimum atomic E-state index is 0.513. The lowest BCUT2D eigenvalue weighted by Gasteiger charge is -2.27. The van der Waals surface area contributed by atoms with E-state index in [9.17, 15) is 0 Å². The van der Waals surface area contributed by atoms with Crippen LogP contribution in [0, 0.1) is 0 Å². The van der Waals surface area contributed by atoms with Crippen LogP contribution in [0.15, 0.2) is 22.7 Å². The molecule has 19 heavy (non-hydrogen) atoms. The van der Waals surface area contributed by atoms with Crippen LogP contribution >= 0.6 is 15.9 Å². The van der Waals surface area contributed by atoms with Crippen molar-refractivity contribution in [1.29, 1.82) is 0 Å². The molecule has 2 nitrogen and oxygen atoms in total. The fourth-order valence-corrected chi connectivity index (χ4v) is 2.59. The number of nitrogens with zero attached hydrogens (tertiary/aromatic N) is 1. The minimum absolute atomic E-state index is 0.513. The Hall–Kier alpha value is -0.540. The van der Waals surface area contributed by atoms with Crippen LogP contribution in [0.25, 0.3) is 0 Å². The van der Waals surface area contributed by atoms with Crippen LogP contribution in [-0.2, 0) is 6.54 Å². The van der Waals surface area contributed by atoms with Crippen LogP contribution < -0.4 is 10.2 Å². The van der Waals surface area contributed by atoms with E-state index in [2.05, 4.69) is 79.1 Å². The Bertz CT molecular complexity index is 390. The number of hydrogen-bond acceptors (Lipinski definition) is 2. The average Bonchev–Trinajstić information content (AvgIpc) is 2.36. The summed E-state index contributed by atoms with van der Waals surface area (Å²) in [6.45, 7) is 9.77. The summed E-state index contributed by atoms with van der Waals surface area (Å²) in [5.74, 6) is 0. The summed E-state index contributed by atoms with van der Waals surface area (Å²) in [5, 5.41) is 3.45. The van der Waals surface area contributed by atoms with Gasteiger partial charge in [-0.15, -0.1) is 0 Å². The summed E-state index contributed by atoms with van der Waals surface area (Å²) in [6, 6.07) is 7.75.